The highest BCUT2D eigenvalue weighted by atomic mass is 127. The van der Waals surface area contributed by atoms with E-state index in [1.165, 1.54) is 25.7 Å². The van der Waals surface area contributed by atoms with E-state index in [1.807, 2.05) is 6.92 Å². The van der Waals surface area contributed by atoms with E-state index in [4.69, 9.17) is 9.73 Å². The van der Waals surface area contributed by atoms with Crippen LogP contribution in [0.2, 0.25) is 0 Å². The van der Waals surface area contributed by atoms with E-state index in [0.717, 1.165) is 56.8 Å². The lowest BCUT2D eigenvalue weighted by Gasteiger charge is -2.34. The zero-order valence-corrected chi connectivity index (χ0v) is 18.5. The van der Waals surface area contributed by atoms with Crippen molar-refractivity contribution in [3.8, 4) is 0 Å². The molecule has 0 amide bonds. The Morgan fingerprint density at radius 3 is 2.44 bits per heavy atom. The van der Waals surface area contributed by atoms with Crippen molar-refractivity contribution in [1.29, 1.82) is 0 Å². The fourth-order valence-electron chi connectivity index (χ4n) is 3.88. The van der Waals surface area contributed by atoms with Gasteiger partial charge in [0.05, 0.1) is 12.5 Å². The monoisotopic (exact) mass is 465 g/mol. The van der Waals surface area contributed by atoms with Crippen LogP contribution in [0, 0.1) is 17.8 Å². The molecule has 2 aliphatic rings. The predicted molar refractivity (Wildman–Crippen MR) is 113 cm³/mol. The summed E-state index contributed by atoms with van der Waals surface area (Å²) in [7, 11) is 0. The van der Waals surface area contributed by atoms with Crippen molar-refractivity contribution in [1.82, 2.24) is 10.2 Å². The molecule has 2 unspecified atom stereocenters. The van der Waals surface area contributed by atoms with Gasteiger partial charge in [-0.3, -0.25) is 9.79 Å². The molecular weight excluding hydrogens is 429 g/mol. The average Bonchev–Trinajstić information content (AvgIpc) is 2.60. The van der Waals surface area contributed by atoms with Gasteiger partial charge in [0.15, 0.2) is 5.96 Å². The molecule has 1 saturated heterocycles. The summed E-state index contributed by atoms with van der Waals surface area (Å²) < 4.78 is 5.16. The van der Waals surface area contributed by atoms with Gasteiger partial charge in [-0.05, 0) is 44.9 Å². The van der Waals surface area contributed by atoms with Crippen molar-refractivity contribution >= 4 is 35.9 Å². The van der Waals surface area contributed by atoms with Crippen LogP contribution < -0.4 is 5.32 Å². The summed E-state index contributed by atoms with van der Waals surface area (Å²) in [4.78, 5) is 19.1. The molecule has 2 atom stereocenters. The Balaban J connectivity index is 0.00000312. The highest BCUT2D eigenvalue weighted by Crippen LogP contribution is 2.29. The van der Waals surface area contributed by atoms with E-state index in [2.05, 4.69) is 24.1 Å². The molecule has 0 spiro atoms. The molecule has 1 aliphatic carbocycles. The first-order chi connectivity index (χ1) is 11.7. The van der Waals surface area contributed by atoms with Crippen molar-refractivity contribution in [2.45, 2.75) is 59.3 Å². The van der Waals surface area contributed by atoms with Crippen molar-refractivity contribution in [3.05, 3.63) is 0 Å². The fourth-order valence-corrected chi connectivity index (χ4v) is 3.88. The number of hydrogen-bond donors (Lipinski definition) is 1. The number of piperidine rings is 1. The van der Waals surface area contributed by atoms with Crippen LogP contribution in [-0.2, 0) is 9.53 Å². The number of likely N-dealkylation sites (tertiary alicyclic amines) is 1. The summed E-state index contributed by atoms with van der Waals surface area (Å²) >= 11 is 0. The maximum atomic E-state index is 11.9. The third-order valence-electron chi connectivity index (χ3n) is 5.51. The maximum absolute atomic E-state index is 11.9. The normalized spacial score (nSPS) is 25.2. The van der Waals surface area contributed by atoms with Gasteiger partial charge in [-0.2, -0.15) is 0 Å². The molecule has 1 saturated carbocycles. The lowest BCUT2D eigenvalue weighted by molar-refractivity contribution is -0.149. The third-order valence-corrected chi connectivity index (χ3v) is 5.51. The summed E-state index contributed by atoms with van der Waals surface area (Å²) in [6.45, 7) is 10.4. The van der Waals surface area contributed by atoms with Gasteiger partial charge in [-0.1, -0.05) is 26.2 Å². The lowest BCUT2D eigenvalue weighted by atomic mass is 9.80. The number of carbonyl (C=O) groups excluding carboxylic acids is 1. The number of rotatable bonds is 5. The Labute approximate surface area is 170 Å². The first-order valence-electron chi connectivity index (χ1n) is 9.85. The Bertz CT molecular complexity index is 423. The van der Waals surface area contributed by atoms with E-state index in [9.17, 15) is 4.79 Å². The number of aliphatic imine (C=N–C) groups is 1. The minimum atomic E-state index is -0.0323. The van der Waals surface area contributed by atoms with Gasteiger partial charge in [0, 0.05) is 26.2 Å². The molecule has 1 aliphatic heterocycles. The van der Waals surface area contributed by atoms with Gasteiger partial charge in [0.1, 0.15) is 0 Å². The van der Waals surface area contributed by atoms with Crippen molar-refractivity contribution in [3.63, 3.8) is 0 Å². The second kappa shape index (κ2) is 12.0. The summed E-state index contributed by atoms with van der Waals surface area (Å²) in [5.74, 6) is 2.57. The second-order valence-corrected chi connectivity index (χ2v) is 7.23. The van der Waals surface area contributed by atoms with Crippen molar-refractivity contribution < 1.29 is 9.53 Å². The topological polar surface area (TPSA) is 53.9 Å². The molecule has 1 N–H and O–H groups in total. The predicted octanol–water partition coefficient (Wildman–Crippen LogP) is 3.67. The molecule has 0 bridgehead atoms. The number of ether oxygens (including phenoxy) is 1. The second-order valence-electron chi connectivity index (χ2n) is 7.23. The summed E-state index contributed by atoms with van der Waals surface area (Å²) in [5, 5.41) is 3.44. The lowest BCUT2D eigenvalue weighted by Crippen LogP contribution is -2.47. The van der Waals surface area contributed by atoms with Crippen LogP contribution in [0.1, 0.15) is 59.3 Å². The van der Waals surface area contributed by atoms with Gasteiger partial charge in [0.2, 0.25) is 0 Å². The molecule has 0 aromatic carbocycles. The van der Waals surface area contributed by atoms with Crippen LogP contribution in [0.3, 0.4) is 0 Å². The Morgan fingerprint density at radius 1 is 1.16 bits per heavy atom. The number of nitrogens with zero attached hydrogens (tertiary/aromatic N) is 2. The van der Waals surface area contributed by atoms with Gasteiger partial charge in [0.25, 0.3) is 0 Å². The van der Waals surface area contributed by atoms with E-state index >= 15 is 0 Å². The average molecular weight is 465 g/mol. The van der Waals surface area contributed by atoms with Crippen LogP contribution >= 0.6 is 24.0 Å². The van der Waals surface area contributed by atoms with E-state index < -0.39 is 0 Å². The molecule has 146 valence electrons. The molecule has 0 aromatic rings. The van der Waals surface area contributed by atoms with Crippen LogP contribution in [0.15, 0.2) is 4.99 Å². The third kappa shape index (κ3) is 6.94. The highest BCUT2D eigenvalue weighted by Gasteiger charge is 2.28. The summed E-state index contributed by atoms with van der Waals surface area (Å²) in [5.41, 5.74) is 0. The van der Waals surface area contributed by atoms with Crippen LogP contribution in [-0.4, -0.2) is 49.6 Å². The van der Waals surface area contributed by atoms with Crippen molar-refractivity contribution in [2.24, 2.45) is 22.7 Å². The number of nitrogens with one attached hydrogen (secondary N) is 1. The molecule has 2 rings (SSSR count). The number of esters is 1. The number of hydrogen-bond acceptors (Lipinski definition) is 3. The van der Waals surface area contributed by atoms with E-state index in [1.54, 1.807) is 0 Å². The molecule has 5 nitrogen and oxygen atoms in total. The van der Waals surface area contributed by atoms with Crippen LogP contribution in [0.25, 0.3) is 0 Å². The first kappa shape index (κ1) is 22.5. The van der Waals surface area contributed by atoms with Gasteiger partial charge < -0.3 is 15.0 Å². The molecule has 0 radical (unpaired) electrons. The molecule has 1 heterocycles. The first-order valence-corrected chi connectivity index (χ1v) is 9.85. The smallest absolute Gasteiger partial charge is 0.309 e. The van der Waals surface area contributed by atoms with Gasteiger partial charge in [-0.25, -0.2) is 0 Å². The molecule has 6 heteroatoms. The molecule has 2 fully saturated rings. The number of carbonyl (C=O) groups is 1. The SMILES string of the molecule is CCNC(=NCC1CCCCC1C)N1CCC(C(=O)OCC)CC1.I. The Morgan fingerprint density at radius 2 is 1.84 bits per heavy atom. The molecule has 0 aromatic heterocycles. The molecule has 25 heavy (non-hydrogen) atoms. The standard InChI is InChI=1S/C19H35N3O2.HI/c1-4-20-19(21-14-17-9-7-6-8-15(17)3)22-12-10-16(11-13-22)18(23)24-5-2;/h15-17H,4-14H2,1-3H3,(H,20,21);1H. The Kier molecular flexibility index (Phi) is 10.8. The van der Waals surface area contributed by atoms with Crippen molar-refractivity contribution in [2.75, 3.05) is 32.8 Å². The minimum Gasteiger partial charge on any atom is -0.466 e. The quantitative estimate of drug-likeness (QED) is 0.292. The minimum absolute atomic E-state index is 0. The Hall–Kier alpha value is -0.530. The highest BCUT2D eigenvalue weighted by molar-refractivity contribution is 14.0. The maximum Gasteiger partial charge on any atom is 0.309 e. The van der Waals surface area contributed by atoms with Crippen LogP contribution in [0.5, 0.6) is 0 Å². The number of guanidine groups is 1. The van der Waals surface area contributed by atoms with E-state index in [-0.39, 0.29) is 35.9 Å². The zero-order chi connectivity index (χ0) is 17.4. The van der Waals surface area contributed by atoms with Crippen LogP contribution in [0.4, 0.5) is 0 Å². The van der Waals surface area contributed by atoms with E-state index in [0.29, 0.717) is 6.61 Å². The molecular formula is C19H36IN3O2. The van der Waals surface area contributed by atoms with Gasteiger partial charge >= 0.3 is 5.97 Å². The zero-order valence-electron chi connectivity index (χ0n) is 16.1. The number of halogens is 1. The summed E-state index contributed by atoms with van der Waals surface area (Å²) in [6, 6.07) is 0. The fraction of sp³-hybridized carbons (Fsp3) is 0.895. The largest absolute Gasteiger partial charge is 0.466 e. The van der Waals surface area contributed by atoms with Gasteiger partial charge in [-0.15, -0.1) is 24.0 Å². The summed E-state index contributed by atoms with van der Waals surface area (Å²) in [6.07, 6.45) is 7.12.